The Morgan fingerprint density at radius 2 is 1.52 bits per heavy atom. The molecule has 232 valence electrons. The summed E-state index contributed by atoms with van der Waals surface area (Å²) in [6, 6.07) is 2.47. The third-order valence-corrected chi connectivity index (χ3v) is 10.8. The van der Waals surface area contributed by atoms with Gasteiger partial charge in [0.05, 0.1) is 23.4 Å². The number of carbonyl (C=O) groups is 4. The third-order valence-electron chi connectivity index (χ3n) is 8.80. The number of alkyl halides is 2. The molecule has 1 saturated carbocycles. The van der Waals surface area contributed by atoms with Crippen LogP contribution in [0.1, 0.15) is 24.3 Å². The van der Waals surface area contributed by atoms with Crippen molar-refractivity contribution in [2.75, 3.05) is 12.0 Å². The first-order chi connectivity index (χ1) is 20.5. The highest BCUT2D eigenvalue weighted by molar-refractivity contribution is 9.10. The average molecular weight is 726 g/mol. The third kappa shape index (κ3) is 3.60. The number of ether oxygens (including phenoxy) is 1. The van der Waals surface area contributed by atoms with Gasteiger partial charge in [0.25, 0.3) is 23.6 Å². The Labute approximate surface area is 261 Å². The topological polar surface area (TPSA) is 124 Å². The number of amides is 4. The van der Waals surface area contributed by atoms with Crippen LogP contribution in [0.3, 0.4) is 0 Å². The van der Waals surface area contributed by atoms with Gasteiger partial charge in [0, 0.05) is 5.92 Å². The molecule has 6 rings (SSSR count). The first-order valence-electron chi connectivity index (χ1n) is 12.7. The van der Waals surface area contributed by atoms with Crippen molar-refractivity contribution < 1.29 is 56.2 Å². The summed E-state index contributed by atoms with van der Waals surface area (Å²) in [5.74, 6) is -23.5. The smallest absolute Gasteiger partial charge is 0.258 e. The van der Waals surface area contributed by atoms with Crippen LogP contribution in [0.4, 0.5) is 27.6 Å². The number of benzene rings is 2. The minimum absolute atomic E-state index is 0.00857. The summed E-state index contributed by atoms with van der Waals surface area (Å²) < 4.78 is 77.6. The van der Waals surface area contributed by atoms with Gasteiger partial charge in [0.15, 0.2) is 44.5 Å². The van der Waals surface area contributed by atoms with E-state index in [9.17, 15) is 42.7 Å². The Balaban J connectivity index is 1.64. The van der Waals surface area contributed by atoms with Crippen LogP contribution in [0.5, 0.6) is 11.5 Å². The number of anilines is 1. The maximum atomic E-state index is 15.0. The molecule has 17 heteroatoms. The average Bonchev–Trinajstić information content (AvgIpc) is 3.30. The summed E-state index contributed by atoms with van der Waals surface area (Å²) in [6.45, 7) is 0. The summed E-state index contributed by atoms with van der Waals surface area (Å²) in [7, 11) is 1.19. The molecule has 2 heterocycles. The van der Waals surface area contributed by atoms with Crippen molar-refractivity contribution in [1.82, 2.24) is 5.06 Å². The molecule has 2 aliphatic carbocycles. The summed E-state index contributed by atoms with van der Waals surface area (Å²) in [6.07, 6.45) is 0.589. The fourth-order valence-corrected chi connectivity index (χ4v) is 8.23. The van der Waals surface area contributed by atoms with Crippen LogP contribution in [0, 0.1) is 46.8 Å². The van der Waals surface area contributed by atoms with E-state index in [2.05, 4.69) is 15.9 Å². The lowest BCUT2D eigenvalue weighted by atomic mass is 9.56. The van der Waals surface area contributed by atoms with Gasteiger partial charge in [-0.05, 0) is 52.4 Å². The minimum atomic E-state index is -2.74. The van der Waals surface area contributed by atoms with Crippen LogP contribution < -0.4 is 9.64 Å². The number of imide groups is 2. The predicted molar refractivity (Wildman–Crippen MR) is 142 cm³/mol. The number of hydroxylamine groups is 2. The first kappa shape index (κ1) is 30.7. The summed E-state index contributed by atoms with van der Waals surface area (Å²) in [5.41, 5.74) is -1.73. The molecule has 0 radical (unpaired) electrons. The van der Waals surface area contributed by atoms with Crippen LogP contribution in [0.25, 0.3) is 0 Å². The van der Waals surface area contributed by atoms with Gasteiger partial charge in [0.2, 0.25) is 5.82 Å². The van der Waals surface area contributed by atoms with E-state index in [4.69, 9.17) is 27.9 Å². The van der Waals surface area contributed by atoms with Gasteiger partial charge in [-0.1, -0.05) is 11.6 Å². The van der Waals surface area contributed by atoms with E-state index in [-0.39, 0.29) is 37.7 Å². The van der Waals surface area contributed by atoms with Crippen LogP contribution in [-0.4, -0.2) is 55.9 Å². The zero-order valence-electron chi connectivity index (χ0n) is 21.8. The van der Waals surface area contributed by atoms with E-state index < -0.39 is 104 Å². The molecule has 9 nitrogen and oxygen atoms in total. The Kier molecular flexibility index (Phi) is 6.89. The van der Waals surface area contributed by atoms with E-state index in [0.29, 0.717) is 0 Å². The Bertz CT molecular complexity index is 1750. The molecular formula is C27H16BrCl2F5N2O7. The van der Waals surface area contributed by atoms with Crippen molar-refractivity contribution in [3.8, 4) is 11.5 Å². The number of allylic oxidation sites excluding steroid dienone is 2. The van der Waals surface area contributed by atoms with Crippen molar-refractivity contribution >= 4 is 68.4 Å². The lowest BCUT2D eigenvalue weighted by Gasteiger charge is -2.50. The number of methoxy groups -OCH3 is 1. The number of phenolic OH excluding ortho intramolecular Hbond substituents is 1. The van der Waals surface area contributed by atoms with Crippen molar-refractivity contribution in [2.45, 2.75) is 28.5 Å². The highest BCUT2D eigenvalue weighted by Crippen LogP contribution is 2.66. The normalized spacial score (nSPS) is 31.3. The molecule has 0 aromatic heterocycles. The molecule has 2 aromatic carbocycles. The van der Waals surface area contributed by atoms with Gasteiger partial charge in [0.1, 0.15) is 5.69 Å². The SMILES string of the molecule is COc1cc([C@H]2C3=CC[C@@H]4C(=O)N(O)C(=O)[C@@H]4[C@@H]3C[C@@]3(Cl)C(=O)N(c4c(F)c(F)c(F)c(F)c4F)C(=O)[C@@]23Cl)cc(Br)c1O. The number of halogens is 8. The highest BCUT2D eigenvalue weighted by Gasteiger charge is 2.77. The molecule has 2 aliphatic heterocycles. The first-order valence-corrected chi connectivity index (χ1v) is 14.2. The summed E-state index contributed by atoms with van der Waals surface area (Å²) >= 11 is 17.1. The number of nitrogens with zero attached hydrogens (tertiary/aromatic N) is 2. The molecule has 2 saturated heterocycles. The van der Waals surface area contributed by atoms with Gasteiger partial charge in [-0.15, -0.1) is 23.2 Å². The molecule has 2 N–H and O–H groups in total. The van der Waals surface area contributed by atoms with E-state index in [1.807, 2.05) is 0 Å². The number of hydrogen-bond donors (Lipinski definition) is 2. The second-order valence-electron chi connectivity index (χ2n) is 10.7. The van der Waals surface area contributed by atoms with Crippen LogP contribution >= 0.6 is 39.1 Å². The summed E-state index contributed by atoms with van der Waals surface area (Å²) in [5, 5.41) is 20.5. The van der Waals surface area contributed by atoms with Gasteiger partial charge < -0.3 is 9.84 Å². The van der Waals surface area contributed by atoms with Crippen LogP contribution in [0.2, 0.25) is 0 Å². The maximum Gasteiger partial charge on any atom is 0.258 e. The van der Waals surface area contributed by atoms with E-state index in [1.54, 1.807) is 0 Å². The zero-order valence-corrected chi connectivity index (χ0v) is 24.9. The van der Waals surface area contributed by atoms with Crippen molar-refractivity contribution in [3.63, 3.8) is 0 Å². The van der Waals surface area contributed by atoms with E-state index in [0.717, 1.165) is 0 Å². The lowest BCUT2D eigenvalue weighted by Crippen LogP contribution is -2.60. The van der Waals surface area contributed by atoms with E-state index in [1.165, 1.54) is 25.3 Å². The van der Waals surface area contributed by atoms with Crippen LogP contribution in [0.15, 0.2) is 28.3 Å². The highest BCUT2D eigenvalue weighted by atomic mass is 79.9. The molecule has 4 amide bonds. The number of aromatic hydroxyl groups is 1. The number of phenols is 1. The molecule has 44 heavy (non-hydrogen) atoms. The number of fused-ring (bicyclic) bond motifs is 4. The lowest BCUT2D eigenvalue weighted by molar-refractivity contribution is -0.173. The summed E-state index contributed by atoms with van der Waals surface area (Å²) in [4.78, 5) is 48.1. The second-order valence-corrected chi connectivity index (χ2v) is 12.8. The second kappa shape index (κ2) is 9.86. The van der Waals surface area contributed by atoms with Crippen molar-refractivity contribution in [2.24, 2.45) is 17.8 Å². The molecule has 0 bridgehead atoms. The molecule has 2 aromatic rings. The Hall–Kier alpha value is -3.27. The number of carbonyl (C=O) groups excluding carboxylic acids is 4. The minimum Gasteiger partial charge on any atom is -0.503 e. The number of rotatable bonds is 3. The number of hydrogen-bond acceptors (Lipinski definition) is 7. The molecule has 0 spiro atoms. The zero-order chi connectivity index (χ0) is 32.4. The predicted octanol–water partition coefficient (Wildman–Crippen LogP) is 4.81. The standard InChI is InChI=1S/C27H16BrCl2F5N2O7/c1-44-12-5-7(4-11(28)21(12)38)14-8-2-3-9-13(23(40)37(43)22(9)39)10(8)6-26(29)24(41)36(25(42)27(14,26)30)20-18(34)16(32)15(31)17(33)19(20)35/h2,4-5,9-10,13-14,38,43H,3,6H2,1H3/t9-,10+,13-,14-,26+,27-/m0/s1. The maximum absolute atomic E-state index is 15.0. The molecule has 0 unspecified atom stereocenters. The van der Waals surface area contributed by atoms with Crippen molar-refractivity contribution in [3.05, 3.63) is 62.9 Å². The van der Waals surface area contributed by atoms with Gasteiger partial charge >= 0.3 is 0 Å². The Morgan fingerprint density at radius 3 is 2.11 bits per heavy atom. The van der Waals surface area contributed by atoms with E-state index >= 15 is 8.78 Å². The fourth-order valence-electron chi connectivity index (χ4n) is 6.84. The van der Waals surface area contributed by atoms with Crippen LogP contribution in [-0.2, 0) is 19.2 Å². The van der Waals surface area contributed by atoms with Gasteiger partial charge in [-0.2, -0.15) is 5.06 Å². The molecular weight excluding hydrogens is 710 g/mol. The Morgan fingerprint density at radius 1 is 0.932 bits per heavy atom. The quantitative estimate of drug-likeness (QED) is 0.0886. The molecule has 4 aliphatic rings. The van der Waals surface area contributed by atoms with Gasteiger partial charge in [-0.3, -0.25) is 24.4 Å². The monoisotopic (exact) mass is 724 g/mol. The van der Waals surface area contributed by atoms with Gasteiger partial charge in [-0.25, -0.2) is 26.9 Å². The van der Waals surface area contributed by atoms with Crippen molar-refractivity contribution in [1.29, 1.82) is 0 Å². The molecule has 3 fully saturated rings. The largest absolute Gasteiger partial charge is 0.503 e. The molecule has 6 atom stereocenters. The fraction of sp³-hybridized carbons (Fsp3) is 0.333.